The predicted octanol–water partition coefficient (Wildman–Crippen LogP) is 4.29. The molecule has 0 saturated heterocycles. The van der Waals surface area contributed by atoms with Gasteiger partial charge >= 0.3 is 0 Å². The summed E-state index contributed by atoms with van der Waals surface area (Å²) in [6, 6.07) is 16.2. The highest BCUT2D eigenvalue weighted by molar-refractivity contribution is 6.21. The molecule has 1 aliphatic heterocycles. The van der Waals surface area contributed by atoms with Gasteiger partial charge < -0.3 is 10.1 Å². The van der Waals surface area contributed by atoms with Crippen molar-refractivity contribution in [2.75, 3.05) is 6.54 Å². The SMILES string of the molecule is C=C(NCCC(c1ccccc1)N1C(=O)c2ccccc2C1=O)OC(C)(C)C. The predicted molar refractivity (Wildman–Crippen MR) is 109 cm³/mol. The Morgan fingerprint density at radius 3 is 2.07 bits per heavy atom. The molecule has 2 aromatic carbocycles. The zero-order valence-electron chi connectivity index (χ0n) is 16.6. The van der Waals surface area contributed by atoms with Crippen LogP contribution in [-0.4, -0.2) is 28.9 Å². The van der Waals surface area contributed by atoms with E-state index in [4.69, 9.17) is 4.74 Å². The zero-order valence-corrected chi connectivity index (χ0v) is 16.6. The maximum atomic E-state index is 12.9. The van der Waals surface area contributed by atoms with Gasteiger partial charge in [-0.15, -0.1) is 0 Å². The molecule has 0 fully saturated rings. The molecule has 0 bridgehead atoms. The summed E-state index contributed by atoms with van der Waals surface area (Å²) in [5, 5.41) is 3.15. The van der Waals surface area contributed by atoms with Crippen molar-refractivity contribution in [2.24, 2.45) is 0 Å². The number of carbonyl (C=O) groups is 2. The molecular weight excluding hydrogens is 352 g/mol. The van der Waals surface area contributed by atoms with Gasteiger partial charge in [0.15, 0.2) is 5.88 Å². The second-order valence-electron chi connectivity index (χ2n) is 7.81. The highest BCUT2D eigenvalue weighted by Gasteiger charge is 2.40. The summed E-state index contributed by atoms with van der Waals surface area (Å²) in [4.78, 5) is 27.3. The van der Waals surface area contributed by atoms with Crippen molar-refractivity contribution in [3.05, 3.63) is 83.7 Å². The number of rotatable bonds is 7. The lowest BCUT2D eigenvalue weighted by atomic mass is 10.0. The van der Waals surface area contributed by atoms with E-state index in [1.165, 1.54) is 4.90 Å². The third kappa shape index (κ3) is 4.25. The van der Waals surface area contributed by atoms with E-state index in [0.717, 1.165) is 5.56 Å². The second-order valence-corrected chi connectivity index (χ2v) is 7.81. The molecule has 2 aromatic rings. The van der Waals surface area contributed by atoms with Crippen LogP contribution in [0.1, 0.15) is 59.5 Å². The van der Waals surface area contributed by atoms with Crippen molar-refractivity contribution >= 4 is 11.8 Å². The highest BCUT2D eigenvalue weighted by atomic mass is 16.5. The minimum absolute atomic E-state index is 0.251. The number of hydrogen-bond donors (Lipinski definition) is 1. The molecule has 0 saturated carbocycles. The summed E-state index contributed by atoms with van der Waals surface area (Å²) >= 11 is 0. The monoisotopic (exact) mass is 378 g/mol. The van der Waals surface area contributed by atoms with Gasteiger partial charge in [-0.1, -0.05) is 42.5 Å². The van der Waals surface area contributed by atoms with Gasteiger partial charge in [0.25, 0.3) is 11.8 Å². The third-order valence-corrected chi connectivity index (χ3v) is 4.49. The Bertz CT molecular complexity index is 849. The molecule has 0 aromatic heterocycles. The van der Waals surface area contributed by atoms with Crippen LogP contribution < -0.4 is 5.32 Å². The fourth-order valence-corrected chi connectivity index (χ4v) is 3.36. The Morgan fingerprint density at radius 1 is 1.00 bits per heavy atom. The second kappa shape index (κ2) is 7.89. The Labute approximate surface area is 166 Å². The molecule has 1 heterocycles. The number of imide groups is 1. The first kappa shape index (κ1) is 19.7. The van der Waals surface area contributed by atoms with Crippen LogP contribution in [0.3, 0.4) is 0 Å². The first-order chi connectivity index (χ1) is 13.3. The molecule has 0 aliphatic carbocycles. The van der Waals surface area contributed by atoms with Crippen molar-refractivity contribution in [1.82, 2.24) is 10.2 Å². The van der Waals surface area contributed by atoms with Crippen LogP contribution in [0.5, 0.6) is 0 Å². The number of amides is 2. The lowest BCUT2D eigenvalue weighted by Gasteiger charge is -2.28. The number of ether oxygens (including phenoxy) is 1. The summed E-state index contributed by atoms with van der Waals surface area (Å²) in [6.45, 7) is 10.3. The van der Waals surface area contributed by atoms with Crippen LogP contribution in [0, 0.1) is 0 Å². The van der Waals surface area contributed by atoms with Gasteiger partial charge in [0.1, 0.15) is 5.60 Å². The van der Waals surface area contributed by atoms with Gasteiger partial charge in [0.2, 0.25) is 0 Å². The normalized spacial score (nSPS) is 14.6. The van der Waals surface area contributed by atoms with Crippen LogP contribution in [0.2, 0.25) is 0 Å². The fourth-order valence-electron chi connectivity index (χ4n) is 3.36. The van der Waals surface area contributed by atoms with Gasteiger partial charge in [0.05, 0.1) is 17.2 Å². The number of nitrogens with zero attached hydrogens (tertiary/aromatic N) is 1. The molecule has 5 nitrogen and oxygen atoms in total. The summed E-state index contributed by atoms with van der Waals surface area (Å²) in [6.07, 6.45) is 0.544. The lowest BCUT2D eigenvalue weighted by Crippen LogP contribution is -2.36. The van der Waals surface area contributed by atoms with Gasteiger partial charge in [-0.25, -0.2) is 0 Å². The number of fused-ring (bicyclic) bond motifs is 1. The third-order valence-electron chi connectivity index (χ3n) is 4.49. The summed E-state index contributed by atoms with van der Waals surface area (Å²) in [5.74, 6) is -0.0277. The van der Waals surface area contributed by atoms with Crippen molar-refractivity contribution in [3.63, 3.8) is 0 Å². The summed E-state index contributed by atoms with van der Waals surface area (Å²) < 4.78 is 5.69. The first-order valence-corrected chi connectivity index (χ1v) is 9.41. The Balaban J connectivity index is 1.79. The minimum atomic E-state index is -0.372. The fraction of sp³-hybridized carbons (Fsp3) is 0.304. The Kier molecular flexibility index (Phi) is 5.54. The molecule has 3 rings (SSSR count). The molecule has 1 aliphatic rings. The maximum Gasteiger partial charge on any atom is 0.262 e. The van der Waals surface area contributed by atoms with E-state index < -0.39 is 0 Å². The largest absolute Gasteiger partial charge is 0.474 e. The van der Waals surface area contributed by atoms with Crippen LogP contribution in [-0.2, 0) is 4.74 Å². The number of nitrogens with one attached hydrogen (secondary N) is 1. The molecular formula is C23H26N2O3. The van der Waals surface area contributed by atoms with E-state index in [9.17, 15) is 9.59 Å². The van der Waals surface area contributed by atoms with E-state index in [2.05, 4.69) is 11.9 Å². The first-order valence-electron chi connectivity index (χ1n) is 9.41. The molecule has 5 heteroatoms. The standard InChI is InChI=1S/C23H26N2O3/c1-16(28-23(2,3)4)24-15-14-20(17-10-6-5-7-11-17)25-21(26)18-12-8-9-13-19(18)22(25)27/h5-13,20,24H,1,14-15H2,2-4H3. The number of carbonyl (C=O) groups excluding carboxylic acids is 2. The Hall–Kier alpha value is -3.08. The molecule has 1 unspecified atom stereocenters. The topological polar surface area (TPSA) is 58.6 Å². The van der Waals surface area contributed by atoms with E-state index in [-0.39, 0.29) is 23.5 Å². The van der Waals surface area contributed by atoms with E-state index in [1.807, 2.05) is 51.1 Å². The molecule has 146 valence electrons. The maximum absolute atomic E-state index is 12.9. The van der Waals surface area contributed by atoms with E-state index in [0.29, 0.717) is 30.0 Å². The smallest absolute Gasteiger partial charge is 0.262 e. The average Bonchev–Trinajstić information content (AvgIpc) is 2.90. The van der Waals surface area contributed by atoms with Crippen LogP contribution in [0.25, 0.3) is 0 Å². The van der Waals surface area contributed by atoms with Gasteiger partial charge in [-0.3, -0.25) is 14.5 Å². The van der Waals surface area contributed by atoms with Crippen molar-refractivity contribution in [1.29, 1.82) is 0 Å². The highest BCUT2D eigenvalue weighted by Crippen LogP contribution is 2.33. The van der Waals surface area contributed by atoms with E-state index >= 15 is 0 Å². The Morgan fingerprint density at radius 2 is 1.54 bits per heavy atom. The molecule has 1 N–H and O–H groups in total. The number of hydrogen-bond acceptors (Lipinski definition) is 4. The minimum Gasteiger partial charge on any atom is -0.474 e. The van der Waals surface area contributed by atoms with E-state index in [1.54, 1.807) is 24.3 Å². The van der Waals surface area contributed by atoms with Crippen LogP contribution >= 0.6 is 0 Å². The van der Waals surface area contributed by atoms with Crippen molar-refractivity contribution < 1.29 is 14.3 Å². The quantitative estimate of drug-likeness (QED) is 0.577. The number of benzene rings is 2. The zero-order chi connectivity index (χ0) is 20.3. The van der Waals surface area contributed by atoms with Crippen LogP contribution in [0.4, 0.5) is 0 Å². The van der Waals surface area contributed by atoms with Crippen molar-refractivity contribution in [2.45, 2.75) is 38.8 Å². The average molecular weight is 378 g/mol. The molecule has 2 amide bonds. The molecule has 28 heavy (non-hydrogen) atoms. The van der Waals surface area contributed by atoms with Crippen molar-refractivity contribution in [3.8, 4) is 0 Å². The molecule has 0 radical (unpaired) electrons. The molecule has 1 atom stereocenters. The lowest BCUT2D eigenvalue weighted by molar-refractivity contribution is 0.0407. The van der Waals surface area contributed by atoms with Crippen LogP contribution in [0.15, 0.2) is 67.1 Å². The summed E-state index contributed by atoms with van der Waals surface area (Å²) in [7, 11) is 0. The molecule has 0 spiro atoms. The summed E-state index contributed by atoms with van der Waals surface area (Å²) in [5.41, 5.74) is 1.50. The van der Waals surface area contributed by atoms with Gasteiger partial charge in [-0.2, -0.15) is 0 Å². The van der Waals surface area contributed by atoms with Gasteiger partial charge in [0, 0.05) is 6.54 Å². The van der Waals surface area contributed by atoms with Gasteiger partial charge in [-0.05, 0) is 51.5 Å².